The Balaban J connectivity index is 1.28. The molecule has 1 atom stereocenters. The Labute approximate surface area is 262 Å². The molecule has 0 unspecified atom stereocenters. The van der Waals surface area contributed by atoms with E-state index >= 15 is 4.39 Å². The zero-order valence-electron chi connectivity index (χ0n) is 25.1. The van der Waals surface area contributed by atoms with Gasteiger partial charge in [-0.2, -0.15) is 0 Å². The van der Waals surface area contributed by atoms with E-state index < -0.39 is 23.8 Å². The Kier molecular flexibility index (Phi) is 12.4. The first-order valence-electron chi connectivity index (χ1n) is 15.3. The Morgan fingerprint density at radius 2 is 1.56 bits per heavy atom. The number of rotatable bonds is 13. The minimum Gasteiger partial charge on any atom is -0.356 e. The highest BCUT2D eigenvalue weighted by molar-refractivity contribution is 5.96. The van der Waals surface area contributed by atoms with E-state index in [4.69, 9.17) is 5.21 Å². The van der Waals surface area contributed by atoms with Crippen molar-refractivity contribution in [3.8, 4) is 0 Å². The third kappa shape index (κ3) is 9.87. The number of hydrogen-bond donors (Lipinski definition) is 5. The third-order valence-electron chi connectivity index (χ3n) is 7.84. The van der Waals surface area contributed by atoms with E-state index in [1.165, 1.54) is 12.1 Å². The first kappa shape index (κ1) is 33.1. The normalized spacial score (nSPS) is 14.5. The molecular weight excluding hydrogens is 577 g/mol. The van der Waals surface area contributed by atoms with Gasteiger partial charge < -0.3 is 20.9 Å². The van der Waals surface area contributed by atoms with Gasteiger partial charge in [-0.25, -0.2) is 14.7 Å². The van der Waals surface area contributed by atoms with Gasteiger partial charge in [0.05, 0.1) is 17.6 Å². The predicted molar refractivity (Wildman–Crippen MR) is 168 cm³/mol. The molecule has 1 heterocycles. The molecule has 0 radical (unpaired) electrons. The minimum atomic E-state index is -0.740. The van der Waals surface area contributed by atoms with Crippen LogP contribution in [0.25, 0.3) is 0 Å². The molecule has 1 aliphatic rings. The number of halogens is 1. The van der Waals surface area contributed by atoms with Crippen LogP contribution >= 0.6 is 0 Å². The lowest BCUT2D eigenvalue weighted by molar-refractivity contribution is -0.129. The van der Waals surface area contributed by atoms with Crippen LogP contribution in [0.4, 0.5) is 14.9 Å². The summed E-state index contributed by atoms with van der Waals surface area (Å²) in [4.78, 5) is 51.5. The molecule has 1 saturated heterocycles. The highest BCUT2D eigenvalue weighted by Gasteiger charge is 2.29. The second-order valence-electron chi connectivity index (χ2n) is 11.1. The van der Waals surface area contributed by atoms with Gasteiger partial charge in [0.2, 0.25) is 11.8 Å². The number of carbonyl (C=O) groups excluding carboxylic acids is 4. The standard InChI is InChI=1S/C34H40FN5O5/c35-28-22-26(33(43)40-21-11-16-27(23-40)32(42)36-20-10-2-1-9-17-30(41)39-45)18-19-29(28)37-34(44)38-31(24-12-5-3-6-13-24)25-14-7-4-8-15-25/h3-8,12-15,18-19,22,27,31,45H,1-2,9-11,16-17,20-21,23H2,(H,36,42)(H,39,41)(H2,37,38,44)/t27-/m0/s1. The average Bonchev–Trinajstić information content (AvgIpc) is 3.08. The second kappa shape index (κ2) is 16.9. The predicted octanol–water partition coefficient (Wildman–Crippen LogP) is 5.16. The first-order valence-corrected chi connectivity index (χ1v) is 15.3. The smallest absolute Gasteiger partial charge is 0.320 e. The van der Waals surface area contributed by atoms with Crippen LogP contribution < -0.4 is 21.4 Å². The maximum Gasteiger partial charge on any atom is 0.320 e. The fourth-order valence-corrected chi connectivity index (χ4v) is 5.42. The van der Waals surface area contributed by atoms with Gasteiger partial charge in [-0.3, -0.25) is 19.6 Å². The van der Waals surface area contributed by atoms with Gasteiger partial charge in [-0.15, -0.1) is 0 Å². The number of carbonyl (C=O) groups is 4. The molecule has 45 heavy (non-hydrogen) atoms. The maximum atomic E-state index is 15.1. The van der Waals surface area contributed by atoms with Crippen LogP contribution in [0.15, 0.2) is 78.9 Å². The van der Waals surface area contributed by atoms with E-state index in [1.807, 2.05) is 60.7 Å². The van der Waals surface area contributed by atoms with E-state index in [0.29, 0.717) is 32.4 Å². The van der Waals surface area contributed by atoms with Crippen LogP contribution in [0.3, 0.4) is 0 Å². The summed E-state index contributed by atoms with van der Waals surface area (Å²) in [7, 11) is 0. The van der Waals surface area contributed by atoms with E-state index in [-0.39, 0.29) is 41.9 Å². The van der Waals surface area contributed by atoms with Crippen molar-refractivity contribution < 1.29 is 28.8 Å². The summed E-state index contributed by atoms with van der Waals surface area (Å²) in [6.07, 6.45) is 4.65. The second-order valence-corrected chi connectivity index (χ2v) is 11.1. The molecule has 238 valence electrons. The number of nitrogens with zero attached hydrogens (tertiary/aromatic N) is 1. The Hall–Kier alpha value is -4.77. The van der Waals surface area contributed by atoms with Crippen molar-refractivity contribution >= 4 is 29.4 Å². The molecule has 3 aromatic carbocycles. The van der Waals surface area contributed by atoms with Crippen LogP contribution in [0, 0.1) is 11.7 Å². The van der Waals surface area contributed by atoms with Crippen molar-refractivity contribution in [3.05, 3.63) is 101 Å². The number of likely N-dealkylation sites (tertiary alicyclic amines) is 1. The van der Waals surface area contributed by atoms with Gasteiger partial charge in [-0.05, 0) is 55.0 Å². The molecule has 0 aromatic heterocycles. The van der Waals surface area contributed by atoms with E-state index in [9.17, 15) is 19.2 Å². The maximum absolute atomic E-state index is 15.1. The summed E-state index contributed by atoms with van der Waals surface area (Å²) in [5.41, 5.74) is 3.43. The van der Waals surface area contributed by atoms with Gasteiger partial charge in [0, 0.05) is 31.6 Å². The van der Waals surface area contributed by atoms with Crippen LogP contribution in [0.5, 0.6) is 0 Å². The zero-order chi connectivity index (χ0) is 32.0. The fraction of sp³-hybridized carbons (Fsp3) is 0.353. The van der Waals surface area contributed by atoms with Gasteiger partial charge in [-0.1, -0.05) is 73.5 Å². The van der Waals surface area contributed by atoms with Crippen molar-refractivity contribution in [3.63, 3.8) is 0 Å². The summed E-state index contributed by atoms with van der Waals surface area (Å²) >= 11 is 0. The molecule has 0 spiro atoms. The SMILES string of the molecule is O=C(CCCCCCNC(=O)[C@H]1CCCN(C(=O)c2ccc(NC(=O)NC(c3ccccc3)c3ccccc3)c(F)c2)C1)NO. The van der Waals surface area contributed by atoms with Gasteiger partial charge in [0.1, 0.15) is 5.82 Å². The van der Waals surface area contributed by atoms with Crippen molar-refractivity contribution in [1.29, 1.82) is 0 Å². The zero-order valence-corrected chi connectivity index (χ0v) is 25.1. The Morgan fingerprint density at radius 3 is 2.20 bits per heavy atom. The number of hydroxylamine groups is 1. The fourth-order valence-electron chi connectivity index (χ4n) is 5.42. The molecule has 10 nitrogen and oxygen atoms in total. The Morgan fingerprint density at radius 1 is 0.889 bits per heavy atom. The van der Waals surface area contributed by atoms with Crippen LogP contribution in [0.1, 0.15) is 72.5 Å². The molecule has 3 aromatic rings. The number of piperidine rings is 1. The summed E-state index contributed by atoms with van der Waals surface area (Å²) in [6.45, 7) is 1.21. The largest absolute Gasteiger partial charge is 0.356 e. The lowest BCUT2D eigenvalue weighted by Gasteiger charge is -2.32. The minimum absolute atomic E-state index is 0.0588. The highest BCUT2D eigenvalue weighted by atomic mass is 19.1. The highest BCUT2D eigenvalue weighted by Crippen LogP contribution is 2.24. The van der Waals surface area contributed by atoms with Crippen LogP contribution in [-0.2, 0) is 9.59 Å². The number of nitrogens with one attached hydrogen (secondary N) is 4. The molecular formula is C34H40FN5O5. The molecule has 11 heteroatoms. The quantitative estimate of drug-likeness (QED) is 0.102. The summed E-state index contributed by atoms with van der Waals surface area (Å²) in [6, 6.07) is 21.8. The molecule has 0 aliphatic carbocycles. The molecule has 0 bridgehead atoms. The van der Waals surface area contributed by atoms with Crippen molar-refractivity contribution in [2.45, 2.75) is 51.0 Å². The number of benzene rings is 3. The number of unbranched alkanes of at least 4 members (excludes halogenated alkanes) is 3. The molecule has 0 saturated carbocycles. The number of urea groups is 1. The third-order valence-corrected chi connectivity index (χ3v) is 7.84. The molecule has 4 rings (SSSR count). The molecule has 1 fully saturated rings. The van der Waals surface area contributed by atoms with E-state index in [0.717, 1.165) is 36.5 Å². The molecule has 5 amide bonds. The topological polar surface area (TPSA) is 140 Å². The van der Waals surface area contributed by atoms with Crippen LogP contribution in [-0.4, -0.2) is 53.5 Å². The molecule has 5 N–H and O–H groups in total. The van der Waals surface area contributed by atoms with Gasteiger partial charge in [0.15, 0.2) is 0 Å². The number of amides is 5. The van der Waals surface area contributed by atoms with Crippen molar-refractivity contribution in [1.82, 2.24) is 21.0 Å². The summed E-state index contributed by atoms with van der Waals surface area (Å²) in [5.74, 6) is -1.99. The van der Waals surface area contributed by atoms with Gasteiger partial charge in [0.25, 0.3) is 5.91 Å². The Bertz CT molecular complexity index is 1400. The van der Waals surface area contributed by atoms with E-state index in [1.54, 1.807) is 10.4 Å². The first-order chi connectivity index (χ1) is 21.9. The summed E-state index contributed by atoms with van der Waals surface area (Å²) in [5, 5.41) is 16.9. The van der Waals surface area contributed by atoms with Crippen LogP contribution in [0.2, 0.25) is 0 Å². The van der Waals surface area contributed by atoms with E-state index in [2.05, 4.69) is 16.0 Å². The molecule has 1 aliphatic heterocycles. The number of anilines is 1. The van der Waals surface area contributed by atoms with Crippen molar-refractivity contribution in [2.24, 2.45) is 5.92 Å². The monoisotopic (exact) mass is 617 g/mol. The lowest BCUT2D eigenvalue weighted by Crippen LogP contribution is -2.45. The van der Waals surface area contributed by atoms with Crippen molar-refractivity contribution in [2.75, 3.05) is 25.0 Å². The summed E-state index contributed by atoms with van der Waals surface area (Å²) < 4.78 is 15.1. The van der Waals surface area contributed by atoms with Gasteiger partial charge >= 0.3 is 6.03 Å². The number of hydrogen-bond acceptors (Lipinski definition) is 5. The average molecular weight is 618 g/mol. The lowest BCUT2D eigenvalue weighted by atomic mass is 9.96.